The van der Waals surface area contributed by atoms with E-state index in [2.05, 4.69) is 21.8 Å². The molecule has 5 nitrogen and oxygen atoms in total. The van der Waals surface area contributed by atoms with E-state index in [1.165, 1.54) is 0 Å². The van der Waals surface area contributed by atoms with Crippen LogP contribution < -0.4 is 5.32 Å². The van der Waals surface area contributed by atoms with E-state index in [-0.39, 0.29) is 12.0 Å². The number of ether oxygens (including phenoxy) is 1. The van der Waals surface area contributed by atoms with Crippen LogP contribution in [0.25, 0.3) is 11.0 Å². The molecule has 1 fully saturated rings. The molecular weight excluding hydrogens is 266 g/mol. The SMILES string of the molecule is CCn1cc(CC(=O)NCC2CCCO2)c2cccnc21. The maximum atomic E-state index is 12.1. The molecule has 0 bridgehead atoms. The van der Waals surface area contributed by atoms with E-state index in [1.54, 1.807) is 6.20 Å². The first kappa shape index (κ1) is 14.1. The third-order valence-electron chi connectivity index (χ3n) is 3.96. The fourth-order valence-corrected chi connectivity index (χ4v) is 2.85. The zero-order chi connectivity index (χ0) is 14.7. The summed E-state index contributed by atoms with van der Waals surface area (Å²) < 4.78 is 7.60. The summed E-state index contributed by atoms with van der Waals surface area (Å²) in [5, 5.41) is 4.03. The molecule has 0 spiro atoms. The van der Waals surface area contributed by atoms with Crippen molar-refractivity contribution in [3.8, 4) is 0 Å². The molecule has 2 aromatic heterocycles. The first-order valence-corrected chi connectivity index (χ1v) is 7.59. The minimum absolute atomic E-state index is 0.0458. The summed E-state index contributed by atoms with van der Waals surface area (Å²) in [7, 11) is 0. The predicted octanol–water partition coefficient (Wildman–Crippen LogP) is 1.89. The number of fused-ring (bicyclic) bond motifs is 1. The van der Waals surface area contributed by atoms with E-state index in [0.717, 1.165) is 42.6 Å². The largest absolute Gasteiger partial charge is 0.376 e. The smallest absolute Gasteiger partial charge is 0.224 e. The molecule has 0 radical (unpaired) electrons. The van der Waals surface area contributed by atoms with Crippen molar-refractivity contribution in [1.29, 1.82) is 0 Å². The Morgan fingerprint density at radius 1 is 1.57 bits per heavy atom. The second kappa shape index (κ2) is 6.26. The quantitative estimate of drug-likeness (QED) is 0.913. The molecule has 2 aromatic rings. The van der Waals surface area contributed by atoms with E-state index in [1.807, 2.05) is 18.3 Å². The second-order valence-electron chi connectivity index (χ2n) is 5.43. The maximum absolute atomic E-state index is 12.1. The number of amides is 1. The number of aromatic nitrogens is 2. The van der Waals surface area contributed by atoms with Gasteiger partial charge in [-0.05, 0) is 37.5 Å². The molecule has 1 aliphatic heterocycles. The predicted molar refractivity (Wildman–Crippen MR) is 81.1 cm³/mol. The summed E-state index contributed by atoms with van der Waals surface area (Å²) in [6, 6.07) is 3.94. The third kappa shape index (κ3) is 3.08. The molecule has 5 heteroatoms. The van der Waals surface area contributed by atoms with Crippen LogP contribution in [-0.2, 0) is 22.5 Å². The number of nitrogens with one attached hydrogen (secondary N) is 1. The van der Waals surface area contributed by atoms with Crippen molar-refractivity contribution >= 4 is 16.9 Å². The van der Waals surface area contributed by atoms with Crippen molar-refractivity contribution in [3.63, 3.8) is 0 Å². The summed E-state index contributed by atoms with van der Waals surface area (Å²) in [4.78, 5) is 16.5. The number of carbonyl (C=O) groups is 1. The van der Waals surface area contributed by atoms with Gasteiger partial charge < -0.3 is 14.6 Å². The Balaban J connectivity index is 1.67. The summed E-state index contributed by atoms with van der Waals surface area (Å²) in [6.45, 7) is 4.36. The molecule has 0 saturated carbocycles. The Kier molecular flexibility index (Phi) is 4.20. The molecule has 3 rings (SSSR count). The van der Waals surface area contributed by atoms with Crippen molar-refractivity contribution in [1.82, 2.24) is 14.9 Å². The van der Waals surface area contributed by atoms with E-state index in [0.29, 0.717) is 13.0 Å². The third-order valence-corrected chi connectivity index (χ3v) is 3.96. The fourth-order valence-electron chi connectivity index (χ4n) is 2.85. The van der Waals surface area contributed by atoms with E-state index >= 15 is 0 Å². The average molecular weight is 287 g/mol. The van der Waals surface area contributed by atoms with Crippen LogP contribution in [0, 0.1) is 0 Å². The molecule has 1 saturated heterocycles. The molecular formula is C16H21N3O2. The Hall–Kier alpha value is -1.88. The second-order valence-corrected chi connectivity index (χ2v) is 5.43. The van der Waals surface area contributed by atoms with Gasteiger partial charge in [-0.25, -0.2) is 4.98 Å². The lowest BCUT2D eigenvalue weighted by molar-refractivity contribution is -0.120. The van der Waals surface area contributed by atoms with Crippen LogP contribution in [0.1, 0.15) is 25.3 Å². The van der Waals surface area contributed by atoms with Crippen molar-refractivity contribution in [2.45, 2.75) is 38.8 Å². The molecule has 1 unspecified atom stereocenters. The highest BCUT2D eigenvalue weighted by atomic mass is 16.5. The number of carbonyl (C=O) groups excluding carboxylic acids is 1. The number of aryl methyl sites for hydroxylation is 1. The van der Waals surface area contributed by atoms with Crippen molar-refractivity contribution < 1.29 is 9.53 Å². The van der Waals surface area contributed by atoms with Crippen molar-refractivity contribution in [3.05, 3.63) is 30.1 Å². The highest BCUT2D eigenvalue weighted by Crippen LogP contribution is 2.19. The fraction of sp³-hybridized carbons (Fsp3) is 0.500. The Bertz CT molecular complexity index is 629. The van der Waals surface area contributed by atoms with Crippen LogP contribution in [0.15, 0.2) is 24.5 Å². The lowest BCUT2D eigenvalue weighted by Crippen LogP contribution is -2.32. The first-order valence-electron chi connectivity index (χ1n) is 7.59. The molecule has 112 valence electrons. The normalized spacial score (nSPS) is 18.2. The van der Waals surface area contributed by atoms with Crippen molar-refractivity contribution in [2.24, 2.45) is 0 Å². The molecule has 21 heavy (non-hydrogen) atoms. The van der Waals surface area contributed by atoms with Gasteiger partial charge >= 0.3 is 0 Å². The minimum Gasteiger partial charge on any atom is -0.376 e. The average Bonchev–Trinajstić information content (AvgIpc) is 3.13. The summed E-state index contributed by atoms with van der Waals surface area (Å²) >= 11 is 0. The van der Waals surface area contributed by atoms with Crippen molar-refractivity contribution in [2.75, 3.05) is 13.2 Å². The number of hydrogen-bond acceptors (Lipinski definition) is 3. The van der Waals surface area contributed by atoms with Gasteiger partial charge in [0.25, 0.3) is 0 Å². The summed E-state index contributed by atoms with van der Waals surface area (Å²) in [6.07, 6.45) is 6.53. The van der Waals surface area contributed by atoms with E-state index < -0.39 is 0 Å². The van der Waals surface area contributed by atoms with Gasteiger partial charge in [0.1, 0.15) is 5.65 Å². The standard InChI is InChI=1S/C16H21N3O2/c1-2-19-11-12(14-6-3-7-17-16(14)19)9-15(20)18-10-13-5-4-8-21-13/h3,6-7,11,13H,2,4-5,8-10H2,1H3,(H,18,20). The summed E-state index contributed by atoms with van der Waals surface area (Å²) in [5.74, 6) is 0.0458. The number of nitrogens with zero attached hydrogens (tertiary/aromatic N) is 2. The Morgan fingerprint density at radius 2 is 2.48 bits per heavy atom. The van der Waals surface area contributed by atoms with Gasteiger partial charge in [-0.1, -0.05) is 0 Å². The monoisotopic (exact) mass is 287 g/mol. The number of pyridine rings is 1. The Morgan fingerprint density at radius 3 is 3.24 bits per heavy atom. The lowest BCUT2D eigenvalue weighted by Gasteiger charge is -2.10. The molecule has 1 amide bonds. The lowest BCUT2D eigenvalue weighted by atomic mass is 10.1. The Labute approximate surface area is 124 Å². The zero-order valence-corrected chi connectivity index (χ0v) is 12.3. The van der Waals surface area contributed by atoms with Crippen LogP contribution >= 0.6 is 0 Å². The van der Waals surface area contributed by atoms with Crippen LogP contribution in [0.4, 0.5) is 0 Å². The van der Waals surface area contributed by atoms with Crippen LogP contribution in [-0.4, -0.2) is 34.7 Å². The van der Waals surface area contributed by atoms with Gasteiger partial charge in [0.15, 0.2) is 0 Å². The van der Waals surface area contributed by atoms with Crippen LogP contribution in [0.5, 0.6) is 0 Å². The summed E-state index contributed by atoms with van der Waals surface area (Å²) in [5.41, 5.74) is 1.98. The van der Waals surface area contributed by atoms with Gasteiger partial charge in [-0.3, -0.25) is 4.79 Å². The maximum Gasteiger partial charge on any atom is 0.224 e. The zero-order valence-electron chi connectivity index (χ0n) is 12.3. The van der Waals surface area contributed by atoms with Gasteiger partial charge in [0, 0.05) is 37.5 Å². The number of rotatable bonds is 5. The molecule has 3 heterocycles. The topological polar surface area (TPSA) is 56.2 Å². The molecule has 1 N–H and O–H groups in total. The molecule has 0 aromatic carbocycles. The number of hydrogen-bond donors (Lipinski definition) is 1. The van der Waals surface area contributed by atoms with E-state index in [4.69, 9.17) is 4.74 Å². The minimum atomic E-state index is 0.0458. The van der Waals surface area contributed by atoms with Gasteiger partial charge in [0.2, 0.25) is 5.91 Å². The van der Waals surface area contributed by atoms with Crippen LogP contribution in [0.3, 0.4) is 0 Å². The molecule has 1 atom stereocenters. The van der Waals surface area contributed by atoms with Crippen LogP contribution in [0.2, 0.25) is 0 Å². The first-order chi connectivity index (χ1) is 10.3. The van der Waals surface area contributed by atoms with E-state index in [9.17, 15) is 4.79 Å². The molecule has 1 aliphatic rings. The highest BCUT2D eigenvalue weighted by molar-refractivity contribution is 5.87. The van der Waals surface area contributed by atoms with Gasteiger partial charge in [-0.2, -0.15) is 0 Å². The van der Waals surface area contributed by atoms with Gasteiger partial charge in [-0.15, -0.1) is 0 Å². The van der Waals surface area contributed by atoms with Gasteiger partial charge in [0.05, 0.1) is 12.5 Å². The highest BCUT2D eigenvalue weighted by Gasteiger charge is 2.17. The molecule has 0 aliphatic carbocycles.